The lowest BCUT2D eigenvalue weighted by Gasteiger charge is -2.11. The summed E-state index contributed by atoms with van der Waals surface area (Å²) in [4.78, 5) is 22.4. The van der Waals surface area contributed by atoms with E-state index in [1.165, 1.54) is 11.8 Å². The zero-order valence-electron chi connectivity index (χ0n) is 18.0. The van der Waals surface area contributed by atoms with Crippen molar-refractivity contribution in [2.75, 3.05) is 12.4 Å². The number of carbonyl (C=O) groups excluding carboxylic acids is 1. The molecule has 0 atom stereocenters. The van der Waals surface area contributed by atoms with E-state index < -0.39 is 0 Å². The first-order chi connectivity index (χ1) is 16.2. The monoisotopic (exact) mass is 435 g/mol. The number of aromatic nitrogens is 4. The van der Waals surface area contributed by atoms with Crippen LogP contribution >= 0.6 is 0 Å². The second-order valence-corrected chi connectivity index (χ2v) is 7.38. The van der Waals surface area contributed by atoms with Crippen molar-refractivity contribution in [1.82, 2.24) is 19.7 Å². The fourth-order valence-corrected chi connectivity index (χ4v) is 3.73. The van der Waals surface area contributed by atoms with E-state index in [0.717, 1.165) is 16.3 Å². The van der Waals surface area contributed by atoms with E-state index in [0.29, 0.717) is 35.3 Å². The molecular weight excluding hydrogens is 414 g/mol. The van der Waals surface area contributed by atoms with Crippen molar-refractivity contribution < 1.29 is 9.53 Å². The van der Waals surface area contributed by atoms with E-state index in [4.69, 9.17) is 4.74 Å². The number of hydrogen-bond donors (Lipinski definition) is 1. The zero-order chi connectivity index (χ0) is 22.6. The number of carbonyl (C=O) groups is 1. The first-order valence-corrected chi connectivity index (χ1v) is 10.5. The molecule has 0 saturated heterocycles. The Morgan fingerprint density at radius 2 is 1.73 bits per heavy atom. The number of hydrogen-bond acceptors (Lipinski definition) is 6. The SMILES string of the molecule is COc1ccccc1C(=O)n1nc(-c2ccccn2)nc1NCc1cccc2ccccc12. The van der Waals surface area contributed by atoms with E-state index >= 15 is 0 Å². The predicted molar refractivity (Wildman–Crippen MR) is 127 cm³/mol. The average molecular weight is 435 g/mol. The molecule has 3 aromatic carbocycles. The third kappa shape index (κ3) is 4.04. The number of nitrogens with zero attached hydrogens (tertiary/aromatic N) is 4. The zero-order valence-corrected chi connectivity index (χ0v) is 18.0. The van der Waals surface area contributed by atoms with E-state index in [2.05, 4.69) is 44.6 Å². The lowest BCUT2D eigenvalue weighted by atomic mass is 10.0. The lowest BCUT2D eigenvalue weighted by molar-refractivity contribution is 0.0944. The van der Waals surface area contributed by atoms with E-state index in [1.807, 2.05) is 42.5 Å². The topological polar surface area (TPSA) is 81.9 Å². The molecule has 5 aromatic rings. The van der Waals surface area contributed by atoms with Crippen molar-refractivity contribution in [3.8, 4) is 17.3 Å². The second kappa shape index (κ2) is 8.92. The van der Waals surface area contributed by atoms with Gasteiger partial charge in [0.25, 0.3) is 5.91 Å². The first kappa shape index (κ1) is 20.4. The quantitative estimate of drug-likeness (QED) is 0.412. The van der Waals surface area contributed by atoms with Gasteiger partial charge in [-0.3, -0.25) is 9.78 Å². The van der Waals surface area contributed by atoms with Gasteiger partial charge in [-0.15, -0.1) is 5.10 Å². The summed E-state index contributed by atoms with van der Waals surface area (Å²) >= 11 is 0. The molecule has 0 spiro atoms. The molecule has 33 heavy (non-hydrogen) atoms. The standard InChI is InChI=1S/C26H21N5O2/c1-33-23-15-5-4-13-21(23)25(32)31-26(29-24(30-31)22-14-6-7-16-27-22)28-17-19-11-8-10-18-9-2-3-12-20(18)19/h2-16H,17H2,1H3,(H,28,29,30). The molecule has 0 amide bonds. The average Bonchev–Trinajstić information content (AvgIpc) is 3.32. The fraction of sp³-hybridized carbons (Fsp3) is 0.0769. The number of rotatable bonds is 6. The number of anilines is 1. The fourth-order valence-electron chi connectivity index (χ4n) is 3.73. The maximum Gasteiger partial charge on any atom is 0.285 e. The molecular formula is C26H21N5O2. The smallest absolute Gasteiger partial charge is 0.285 e. The maximum absolute atomic E-state index is 13.4. The number of nitrogens with one attached hydrogen (secondary N) is 1. The van der Waals surface area contributed by atoms with Gasteiger partial charge in [-0.2, -0.15) is 9.67 Å². The minimum absolute atomic E-state index is 0.333. The van der Waals surface area contributed by atoms with E-state index in [1.54, 1.807) is 24.4 Å². The first-order valence-electron chi connectivity index (χ1n) is 10.5. The molecule has 0 aliphatic carbocycles. The normalized spacial score (nSPS) is 10.8. The molecule has 162 valence electrons. The Kier molecular flexibility index (Phi) is 5.51. The van der Waals surface area contributed by atoms with Crippen LogP contribution in [0.1, 0.15) is 15.9 Å². The van der Waals surface area contributed by atoms with Crippen LogP contribution in [-0.2, 0) is 6.54 Å². The number of methoxy groups -OCH3 is 1. The van der Waals surface area contributed by atoms with Crippen molar-refractivity contribution in [1.29, 1.82) is 0 Å². The summed E-state index contributed by atoms with van der Waals surface area (Å²) in [7, 11) is 1.53. The van der Waals surface area contributed by atoms with Crippen LogP contribution in [0.3, 0.4) is 0 Å². The number of para-hydroxylation sites is 1. The molecule has 2 aromatic heterocycles. The molecule has 1 N–H and O–H groups in total. The Bertz CT molecular complexity index is 1420. The third-order valence-corrected chi connectivity index (χ3v) is 5.35. The maximum atomic E-state index is 13.4. The Morgan fingerprint density at radius 1 is 0.939 bits per heavy atom. The van der Waals surface area contributed by atoms with Crippen molar-refractivity contribution in [3.05, 3.63) is 102 Å². The molecule has 5 rings (SSSR count). The molecule has 0 unspecified atom stereocenters. The summed E-state index contributed by atoms with van der Waals surface area (Å²) in [6.45, 7) is 0.473. The molecule has 7 heteroatoms. The highest BCUT2D eigenvalue weighted by atomic mass is 16.5. The van der Waals surface area contributed by atoms with Gasteiger partial charge < -0.3 is 10.1 Å². The van der Waals surface area contributed by atoms with Gasteiger partial charge in [0.1, 0.15) is 11.4 Å². The van der Waals surface area contributed by atoms with Crippen LogP contribution in [0.15, 0.2) is 91.1 Å². The Balaban J connectivity index is 1.54. The summed E-state index contributed by atoms with van der Waals surface area (Å²) in [6, 6.07) is 26.9. The second-order valence-electron chi connectivity index (χ2n) is 7.38. The van der Waals surface area contributed by atoms with Crippen LogP contribution in [0.4, 0.5) is 5.95 Å². The number of pyridine rings is 1. The summed E-state index contributed by atoms with van der Waals surface area (Å²) in [5, 5.41) is 10.1. The van der Waals surface area contributed by atoms with Crippen LogP contribution in [0, 0.1) is 0 Å². The summed E-state index contributed by atoms with van der Waals surface area (Å²) in [6.07, 6.45) is 1.67. The van der Waals surface area contributed by atoms with Crippen LogP contribution in [0.5, 0.6) is 5.75 Å². The third-order valence-electron chi connectivity index (χ3n) is 5.35. The van der Waals surface area contributed by atoms with Gasteiger partial charge in [0.2, 0.25) is 11.8 Å². The number of benzene rings is 3. The highest BCUT2D eigenvalue weighted by molar-refractivity contribution is 5.99. The molecule has 0 aliphatic rings. The van der Waals surface area contributed by atoms with Crippen LogP contribution in [0.2, 0.25) is 0 Å². The van der Waals surface area contributed by atoms with Crippen molar-refractivity contribution >= 4 is 22.6 Å². The highest BCUT2D eigenvalue weighted by Crippen LogP contribution is 2.24. The molecule has 7 nitrogen and oxygen atoms in total. The number of fused-ring (bicyclic) bond motifs is 1. The largest absolute Gasteiger partial charge is 0.496 e. The molecule has 0 aliphatic heterocycles. The van der Waals surface area contributed by atoms with E-state index in [-0.39, 0.29) is 5.91 Å². The molecule has 0 radical (unpaired) electrons. The van der Waals surface area contributed by atoms with Gasteiger partial charge in [-0.05, 0) is 40.6 Å². The van der Waals surface area contributed by atoms with Crippen molar-refractivity contribution in [2.45, 2.75) is 6.54 Å². The Hall–Kier alpha value is -4.52. The minimum Gasteiger partial charge on any atom is -0.496 e. The van der Waals surface area contributed by atoms with Crippen molar-refractivity contribution in [2.24, 2.45) is 0 Å². The van der Waals surface area contributed by atoms with Gasteiger partial charge in [-0.1, -0.05) is 60.7 Å². The van der Waals surface area contributed by atoms with Gasteiger partial charge >= 0.3 is 0 Å². The summed E-state index contributed by atoms with van der Waals surface area (Å²) in [5.41, 5.74) is 2.06. The lowest BCUT2D eigenvalue weighted by Crippen LogP contribution is -2.18. The predicted octanol–water partition coefficient (Wildman–Crippen LogP) is 4.80. The van der Waals surface area contributed by atoms with Gasteiger partial charge in [0.05, 0.1) is 12.7 Å². The number of ether oxygens (including phenoxy) is 1. The molecule has 2 heterocycles. The summed E-state index contributed by atoms with van der Waals surface area (Å²) < 4.78 is 6.65. The van der Waals surface area contributed by atoms with Crippen LogP contribution in [-0.4, -0.2) is 32.8 Å². The molecule has 0 saturated carbocycles. The molecule has 0 fully saturated rings. The Labute approximate surface area is 190 Å². The van der Waals surface area contributed by atoms with Crippen LogP contribution in [0.25, 0.3) is 22.3 Å². The molecule has 0 bridgehead atoms. The van der Waals surface area contributed by atoms with Gasteiger partial charge in [-0.25, -0.2) is 0 Å². The van der Waals surface area contributed by atoms with Gasteiger partial charge in [0, 0.05) is 12.7 Å². The Morgan fingerprint density at radius 3 is 2.58 bits per heavy atom. The highest BCUT2D eigenvalue weighted by Gasteiger charge is 2.21. The van der Waals surface area contributed by atoms with E-state index in [9.17, 15) is 4.79 Å². The summed E-state index contributed by atoms with van der Waals surface area (Å²) in [5.74, 6) is 0.818. The minimum atomic E-state index is -0.345. The van der Waals surface area contributed by atoms with Crippen LogP contribution < -0.4 is 10.1 Å². The van der Waals surface area contributed by atoms with Gasteiger partial charge in [0.15, 0.2) is 0 Å². The van der Waals surface area contributed by atoms with Crippen molar-refractivity contribution in [3.63, 3.8) is 0 Å².